The summed E-state index contributed by atoms with van der Waals surface area (Å²) in [6.07, 6.45) is 3.79. The summed E-state index contributed by atoms with van der Waals surface area (Å²) in [5, 5.41) is 12.6. The van der Waals surface area contributed by atoms with E-state index in [1.165, 1.54) is 19.3 Å². The van der Waals surface area contributed by atoms with Gasteiger partial charge in [-0.1, -0.05) is 18.0 Å². The van der Waals surface area contributed by atoms with Crippen LogP contribution in [0.25, 0.3) is 11.4 Å². The average Bonchev–Trinajstić information content (AvgIpc) is 2.75. The molecule has 0 aliphatic heterocycles. The molecule has 3 rings (SSSR count). The Morgan fingerprint density at radius 1 is 1.42 bits per heavy atom. The Labute approximate surface area is 116 Å². The number of rotatable bonds is 3. The largest absolute Gasteiger partial charge is 0.399 e. The van der Waals surface area contributed by atoms with Gasteiger partial charge < -0.3 is 5.73 Å². The fraction of sp³-hybridized carbons (Fsp3) is 0.462. The number of anilines is 1. The Hall–Kier alpha value is -1.62. The van der Waals surface area contributed by atoms with Crippen LogP contribution in [0.4, 0.5) is 5.69 Å². The molecule has 1 aliphatic carbocycles. The third kappa shape index (κ3) is 2.18. The zero-order valence-corrected chi connectivity index (χ0v) is 11.5. The Bertz CT molecular complexity index is 590. The smallest absolute Gasteiger partial charge is 0.183 e. The van der Waals surface area contributed by atoms with E-state index >= 15 is 0 Å². The van der Waals surface area contributed by atoms with Crippen molar-refractivity contribution in [3.8, 4) is 11.4 Å². The minimum Gasteiger partial charge on any atom is -0.399 e. The summed E-state index contributed by atoms with van der Waals surface area (Å²) in [6.45, 7) is 2.16. The van der Waals surface area contributed by atoms with E-state index in [0.717, 1.165) is 5.56 Å². The van der Waals surface area contributed by atoms with Crippen LogP contribution in [-0.2, 0) is 0 Å². The quantitative estimate of drug-likeness (QED) is 0.876. The van der Waals surface area contributed by atoms with E-state index in [1.54, 1.807) is 6.07 Å². The van der Waals surface area contributed by atoms with Crippen LogP contribution >= 0.6 is 11.6 Å². The Kier molecular flexibility index (Phi) is 3.14. The summed E-state index contributed by atoms with van der Waals surface area (Å²) >= 11 is 6.24. The van der Waals surface area contributed by atoms with Crippen LogP contribution in [0.3, 0.4) is 0 Å². The van der Waals surface area contributed by atoms with Crippen molar-refractivity contribution >= 4 is 17.3 Å². The van der Waals surface area contributed by atoms with Crippen molar-refractivity contribution in [2.24, 2.45) is 5.92 Å². The molecule has 1 aliphatic rings. The number of nitrogens with two attached hydrogens (primary N) is 1. The van der Waals surface area contributed by atoms with Crippen molar-refractivity contribution in [2.75, 3.05) is 5.73 Å². The summed E-state index contributed by atoms with van der Waals surface area (Å²) in [4.78, 5) is 0. The van der Waals surface area contributed by atoms with Crippen LogP contribution in [-0.4, -0.2) is 20.2 Å². The van der Waals surface area contributed by atoms with E-state index in [2.05, 4.69) is 22.4 Å². The van der Waals surface area contributed by atoms with Crippen molar-refractivity contribution < 1.29 is 0 Å². The number of nitrogen functional groups attached to an aromatic ring is 1. The molecule has 1 heterocycles. The summed E-state index contributed by atoms with van der Waals surface area (Å²) in [5.41, 5.74) is 7.18. The molecule has 1 atom stereocenters. The number of nitrogens with zero attached hydrogens (tertiary/aromatic N) is 4. The minimum absolute atomic E-state index is 0.298. The second kappa shape index (κ2) is 4.81. The molecule has 0 radical (unpaired) electrons. The maximum absolute atomic E-state index is 6.24. The van der Waals surface area contributed by atoms with Crippen LogP contribution < -0.4 is 5.73 Å². The van der Waals surface area contributed by atoms with Gasteiger partial charge in [-0.05, 0) is 54.3 Å². The first kappa shape index (κ1) is 12.4. The predicted octanol–water partition coefficient (Wildman–Crippen LogP) is 2.94. The number of hydrogen-bond donors (Lipinski definition) is 1. The Balaban J connectivity index is 1.99. The van der Waals surface area contributed by atoms with E-state index in [1.807, 2.05) is 16.8 Å². The third-order valence-corrected chi connectivity index (χ3v) is 4.26. The van der Waals surface area contributed by atoms with Crippen LogP contribution in [0.2, 0.25) is 5.02 Å². The van der Waals surface area contributed by atoms with Crippen LogP contribution in [0.5, 0.6) is 0 Å². The normalized spacial score (nSPS) is 17.2. The molecule has 1 fully saturated rings. The molecule has 5 nitrogen and oxygen atoms in total. The molecule has 0 spiro atoms. The lowest BCUT2D eigenvalue weighted by Gasteiger charge is -2.31. The van der Waals surface area contributed by atoms with Gasteiger partial charge in [0, 0.05) is 11.3 Å². The monoisotopic (exact) mass is 277 g/mol. The van der Waals surface area contributed by atoms with E-state index in [9.17, 15) is 0 Å². The first-order chi connectivity index (χ1) is 9.16. The molecule has 100 valence electrons. The first-order valence-electron chi connectivity index (χ1n) is 6.50. The van der Waals surface area contributed by atoms with Crippen LogP contribution in [0.15, 0.2) is 18.2 Å². The second-order valence-electron chi connectivity index (χ2n) is 5.12. The molecular formula is C13H16ClN5. The highest BCUT2D eigenvalue weighted by Gasteiger charge is 2.28. The topological polar surface area (TPSA) is 69.6 Å². The molecule has 2 N–H and O–H groups in total. The van der Waals surface area contributed by atoms with E-state index in [0.29, 0.717) is 28.5 Å². The van der Waals surface area contributed by atoms with E-state index < -0.39 is 0 Å². The maximum Gasteiger partial charge on any atom is 0.183 e. The summed E-state index contributed by atoms with van der Waals surface area (Å²) in [6, 6.07) is 5.71. The highest BCUT2D eigenvalue weighted by molar-refractivity contribution is 6.33. The van der Waals surface area contributed by atoms with Gasteiger partial charge in [-0.15, -0.1) is 5.10 Å². The lowest BCUT2D eigenvalue weighted by atomic mass is 9.80. The second-order valence-corrected chi connectivity index (χ2v) is 5.53. The average molecular weight is 278 g/mol. The SMILES string of the molecule is CC(C1CCC1)n1nnnc1-c1ccc(N)cc1Cl. The van der Waals surface area contributed by atoms with Gasteiger partial charge in [0.2, 0.25) is 0 Å². The summed E-state index contributed by atoms with van der Waals surface area (Å²) < 4.78 is 1.88. The standard InChI is InChI=1S/C13H16ClN5/c1-8(9-3-2-4-9)19-13(16-17-18-19)11-6-5-10(15)7-12(11)14/h5-9H,2-4,15H2,1H3. The number of tetrazole rings is 1. The molecule has 19 heavy (non-hydrogen) atoms. The first-order valence-corrected chi connectivity index (χ1v) is 6.88. The predicted molar refractivity (Wildman–Crippen MR) is 74.7 cm³/mol. The molecule has 1 saturated carbocycles. The van der Waals surface area contributed by atoms with Gasteiger partial charge in [0.05, 0.1) is 11.1 Å². The number of benzene rings is 1. The number of halogens is 1. The fourth-order valence-electron chi connectivity index (χ4n) is 2.48. The Morgan fingerprint density at radius 3 is 2.84 bits per heavy atom. The van der Waals surface area contributed by atoms with Gasteiger partial charge in [-0.3, -0.25) is 0 Å². The van der Waals surface area contributed by atoms with Gasteiger partial charge in [-0.25, -0.2) is 4.68 Å². The molecular weight excluding hydrogens is 262 g/mol. The van der Waals surface area contributed by atoms with Gasteiger partial charge in [-0.2, -0.15) is 0 Å². The van der Waals surface area contributed by atoms with E-state index in [-0.39, 0.29) is 0 Å². The molecule has 2 aromatic rings. The zero-order valence-electron chi connectivity index (χ0n) is 10.8. The fourth-order valence-corrected chi connectivity index (χ4v) is 2.75. The lowest BCUT2D eigenvalue weighted by molar-refractivity contribution is 0.210. The molecule has 0 saturated heterocycles. The van der Waals surface area contributed by atoms with Crippen LogP contribution in [0.1, 0.15) is 32.2 Å². The maximum atomic E-state index is 6.24. The lowest BCUT2D eigenvalue weighted by Crippen LogP contribution is -2.24. The van der Waals surface area contributed by atoms with Crippen molar-refractivity contribution in [3.63, 3.8) is 0 Å². The van der Waals surface area contributed by atoms with E-state index in [4.69, 9.17) is 17.3 Å². The van der Waals surface area contributed by atoms with Gasteiger partial charge in [0.25, 0.3) is 0 Å². The van der Waals surface area contributed by atoms with Gasteiger partial charge in [0.15, 0.2) is 5.82 Å². The highest BCUT2D eigenvalue weighted by atomic mass is 35.5. The Morgan fingerprint density at radius 2 is 2.21 bits per heavy atom. The third-order valence-electron chi connectivity index (χ3n) is 3.94. The molecule has 1 aromatic heterocycles. The van der Waals surface area contributed by atoms with Crippen LogP contribution in [0, 0.1) is 5.92 Å². The zero-order chi connectivity index (χ0) is 13.4. The van der Waals surface area contributed by atoms with Crippen molar-refractivity contribution in [2.45, 2.75) is 32.2 Å². The van der Waals surface area contributed by atoms with Crippen molar-refractivity contribution in [3.05, 3.63) is 23.2 Å². The summed E-state index contributed by atoms with van der Waals surface area (Å²) in [5.74, 6) is 1.37. The summed E-state index contributed by atoms with van der Waals surface area (Å²) in [7, 11) is 0. The van der Waals surface area contributed by atoms with Crippen molar-refractivity contribution in [1.82, 2.24) is 20.2 Å². The number of hydrogen-bond acceptors (Lipinski definition) is 4. The van der Waals surface area contributed by atoms with Crippen molar-refractivity contribution in [1.29, 1.82) is 0 Å². The molecule has 6 heteroatoms. The molecule has 1 aromatic carbocycles. The minimum atomic E-state index is 0.298. The highest BCUT2D eigenvalue weighted by Crippen LogP contribution is 2.38. The van der Waals surface area contributed by atoms with Gasteiger partial charge in [0.1, 0.15) is 0 Å². The number of aromatic nitrogens is 4. The molecule has 1 unspecified atom stereocenters. The molecule has 0 amide bonds. The van der Waals surface area contributed by atoms with Gasteiger partial charge >= 0.3 is 0 Å². The molecule has 0 bridgehead atoms.